The summed E-state index contributed by atoms with van der Waals surface area (Å²) in [5.41, 5.74) is 1.19. The SMILES string of the molecule is O=C(O)Cn1nnc(-c2cnc(N3CC4CN(c5ccc(OC(F)(F)F)cc5Cl)CC4C3)nc2)n1. The molecule has 0 saturated carbocycles. The van der Waals surface area contributed by atoms with Gasteiger partial charge in [-0.2, -0.15) is 4.80 Å². The minimum absolute atomic E-state index is 0.205. The number of nitrogens with zero attached hydrogens (tertiary/aromatic N) is 8. The van der Waals surface area contributed by atoms with E-state index in [1.54, 1.807) is 18.5 Å². The number of benzene rings is 1. The van der Waals surface area contributed by atoms with E-state index in [0.717, 1.165) is 17.9 Å². The summed E-state index contributed by atoms with van der Waals surface area (Å²) in [5, 5.41) is 20.5. The monoisotopic (exact) mass is 510 g/mol. The molecule has 0 aliphatic carbocycles. The van der Waals surface area contributed by atoms with Gasteiger partial charge in [-0.3, -0.25) is 4.79 Å². The quantitative estimate of drug-likeness (QED) is 0.528. The second-order valence-electron chi connectivity index (χ2n) is 8.30. The Morgan fingerprint density at radius 1 is 1.11 bits per heavy atom. The van der Waals surface area contributed by atoms with Gasteiger partial charge in [0, 0.05) is 56.5 Å². The number of anilines is 2. The molecule has 1 N–H and O–H groups in total. The van der Waals surface area contributed by atoms with Crippen molar-refractivity contribution in [3.63, 3.8) is 0 Å². The van der Waals surface area contributed by atoms with Crippen LogP contribution in [0.4, 0.5) is 24.8 Å². The van der Waals surface area contributed by atoms with Gasteiger partial charge in [0.15, 0.2) is 6.54 Å². The maximum Gasteiger partial charge on any atom is 0.573 e. The van der Waals surface area contributed by atoms with Gasteiger partial charge in [0.05, 0.1) is 16.3 Å². The van der Waals surface area contributed by atoms with Gasteiger partial charge >= 0.3 is 12.3 Å². The van der Waals surface area contributed by atoms with Crippen LogP contribution < -0.4 is 14.5 Å². The van der Waals surface area contributed by atoms with E-state index in [4.69, 9.17) is 16.7 Å². The van der Waals surface area contributed by atoms with Gasteiger partial charge in [-0.1, -0.05) is 11.6 Å². The number of carboxylic acid groups (broad SMARTS) is 1. The number of rotatable bonds is 6. The van der Waals surface area contributed by atoms with Crippen LogP contribution in [0.15, 0.2) is 30.6 Å². The van der Waals surface area contributed by atoms with Crippen LogP contribution in [0.25, 0.3) is 11.4 Å². The molecule has 2 unspecified atom stereocenters. The molecule has 5 rings (SSSR count). The predicted octanol–water partition coefficient (Wildman–Crippen LogP) is 2.34. The Kier molecular flexibility index (Phi) is 5.83. The Morgan fingerprint density at radius 3 is 2.37 bits per heavy atom. The second-order valence-corrected chi connectivity index (χ2v) is 8.71. The minimum Gasteiger partial charge on any atom is -0.480 e. The minimum atomic E-state index is -4.77. The van der Waals surface area contributed by atoms with Crippen molar-refractivity contribution in [2.45, 2.75) is 12.9 Å². The Hall–Kier alpha value is -3.68. The smallest absolute Gasteiger partial charge is 0.480 e. The van der Waals surface area contributed by atoms with Crippen molar-refractivity contribution in [1.82, 2.24) is 30.2 Å². The van der Waals surface area contributed by atoms with Crippen LogP contribution in [-0.4, -0.2) is 73.8 Å². The van der Waals surface area contributed by atoms with E-state index in [1.807, 2.05) is 0 Å². The standard InChI is InChI=1S/C20H18ClF3N8O3/c21-15-3-14(35-20(22,23)24)1-2-16(15)30-6-12-8-31(9-13(12)7-30)19-25-4-11(5-26-19)18-27-29-32(28-18)10-17(33)34/h1-5,12-13H,6-10H2,(H,33,34). The van der Waals surface area contributed by atoms with Gasteiger partial charge in [0.2, 0.25) is 11.8 Å². The molecule has 1 aromatic carbocycles. The van der Waals surface area contributed by atoms with Crippen molar-refractivity contribution >= 4 is 29.2 Å². The molecule has 11 nitrogen and oxygen atoms in total. The van der Waals surface area contributed by atoms with E-state index in [0.29, 0.717) is 42.1 Å². The summed E-state index contributed by atoms with van der Waals surface area (Å²) in [6.07, 6.45) is -1.64. The van der Waals surface area contributed by atoms with E-state index in [9.17, 15) is 18.0 Å². The summed E-state index contributed by atoms with van der Waals surface area (Å²) in [7, 11) is 0. The topological polar surface area (TPSA) is 122 Å². The van der Waals surface area contributed by atoms with Crippen LogP contribution in [-0.2, 0) is 11.3 Å². The maximum atomic E-state index is 12.4. The molecular weight excluding hydrogens is 493 g/mol. The summed E-state index contributed by atoms with van der Waals surface area (Å²) in [5.74, 6) is -0.00358. The van der Waals surface area contributed by atoms with Gasteiger partial charge in [0.25, 0.3) is 0 Å². The molecule has 0 radical (unpaired) electrons. The number of hydrogen-bond donors (Lipinski definition) is 1. The summed E-state index contributed by atoms with van der Waals surface area (Å²) in [6.45, 7) is 2.46. The zero-order chi connectivity index (χ0) is 24.7. The molecule has 2 atom stereocenters. The van der Waals surface area contributed by atoms with Crippen LogP contribution in [0.5, 0.6) is 5.75 Å². The van der Waals surface area contributed by atoms with Crippen LogP contribution in [0.3, 0.4) is 0 Å². The van der Waals surface area contributed by atoms with Crippen molar-refractivity contribution in [3.05, 3.63) is 35.6 Å². The molecule has 35 heavy (non-hydrogen) atoms. The van der Waals surface area contributed by atoms with Gasteiger partial charge in [-0.25, -0.2) is 9.97 Å². The summed E-state index contributed by atoms with van der Waals surface area (Å²) < 4.78 is 41.2. The van der Waals surface area contributed by atoms with Gasteiger partial charge in [0.1, 0.15) is 5.75 Å². The van der Waals surface area contributed by atoms with Crippen molar-refractivity contribution < 1.29 is 27.8 Å². The molecule has 3 aromatic rings. The van der Waals surface area contributed by atoms with E-state index >= 15 is 0 Å². The Balaban J connectivity index is 1.20. The highest BCUT2D eigenvalue weighted by Gasteiger charge is 2.41. The first kappa shape index (κ1) is 23.1. The molecule has 0 bridgehead atoms. The van der Waals surface area contributed by atoms with Crippen LogP contribution in [0.1, 0.15) is 0 Å². The fourth-order valence-corrected chi connectivity index (χ4v) is 4.73. The first-order chi connectivity index (χ1) is 16.6. The number of carbonyl (C=O) groups is 1. The van der Waals surface area contributed by atoms with E-state index in [-0.39, 0.29) is 16.6 Å². The third kappa shape index (κ3) is 5.06. The van der Waals surface area contributed by atoms with Gasteiger partial charge in [-0.05, 0) is 17.3 Å². The molecule has 15 heteroatoms. The Morgan fingerprint density at radius 2 is 1.77 bits per heavy atom. The zero-order valence-corrected chi connectivity index (χ0v) is 18.7. The highest BCUT2D eigenvalue weighted by atomic mass is 35.5. The molecule has 2 aliphatic rings. The summed E-state index contributed by atoms with van der Waals surface area (Å²) in [6, 6.07) is 3.99. The lowest BCUT2D eigenvalue weighted by Gasteiger charge is -2.24. The lowest BCUT2D eigenvalue weighted by Crippen LogP contribution is -2.29. The Bertz CT molecular complexity index is 1230. The van der Waals surface area contributed by atoms with Crippen molar-refractivity contribution in [3.8, 4) is 17.1 Å². The largest absolute Gasteiger partial charge is 0.573 e. The average Bonchev–Trinajstić information content (AvgIpc) is 3.47. The molecule has 184 valence electrons. The molecule has 2 saturated heterocycles. The molecular formula is C20H18ClF3N8O3. The third-order valence-electron chi connectivity index (χ3n) is 5.89. The number of aliphatic carboxylic acids is 1. The lowest BCUT2D eigenvalue weighted by molar-refractivity contribution is -0.274. The number of fused-ring (bicyclic) bond motifs is 1. The number of aromatic nitrogens is 6. The molecule has 2 aliphatic heterocycles. The molecule has 2 fully saturated rings. The number of halogens is 4. The number of ether oxygens (including phenoxy) is 1. The van der Waals surface area contributed by atoms with Crippen molar-refractivity contribution in [1.29, 1.82) is 0 Å². The van der Waals surface area contributed by atoms with Crippen molar-refractivity contribution in [2.24, 2.45) is 11.8 Å². The first-order valence-electron chi connectivity index (χ1n) is 10.5. The van der Waals surface area contributed by atoms with Crippen LogP contribution in [0.2, 0.25) is 5.02 Å². The maximum absolute atomic E-state index is 12.4. The molecule has 0 spiro atoms. The molecule has 2 aromatic heterocycles. The van der Waals surface area contributed by atoms with Crippen molar-refractivity contribution in [2.75, 3.05) is 36.0 Å². The lowest BCUT2D eigenvalue weighted by atomic mass is 10.0. The number of hydrogen-bond acceptors (Lipinski definition) is 9. The second kappa shape index (κ2) is 8.83. The zero-order valence-electron chi connectivity index (χ0n) is 17.9. The molecule has 4 heterocycles. The fourth-order valence-electron chi connectivity index (χ4n) is 4.44. The van der Waals surface area contributed by atoms with E-state index < -0.39 is 18.9 Å². The first-order valence-corrected chi connectivity index (χ1v) is 10.9. The predicted molar refractivity (Wildman–Crippen MR) is 116 cm³/mol. The summed E-state index contributed by atoms with van der Waals surface area (Å²) in [4.78, 5) is 24.7. The highest BCUT2D eigenvalue weighted by molar-refractivity contribution is 6.33. The van der Waals surface area contributed by atoms with Gasteiger partial charge in [-0.15, -0.1) is 23.4 Å². The average molecular weight is 511 g/mol. The van der Waals surface area contributed by atoms with Gasteiger partial charge < -0.3 is 19.6 Å². The number of tetrazole rings is 1. The fraction of sp³-hybridized carbons (Fsp3) is 0.400. The van der Waals surface area contributed by atoms with Crippen LogP contribution in [0, 0.1) is 11.8 Å². The summed E-state index contributed by atoms with van der Waals surface area (Å²) >= 11 is 6.25. The third-order valence-corrected chi connectivity index (χ3v) is 6.19. The highest BCUT2D eigenvalue weighted by Crippen LogP contribution is 2.39. The van der Waals surface area contributed by atoms with E-state index in [2.05, 4.69) is 39.9 Å². The molecule has 0 amide bonds. The Labute approximate surface area is 201 Å². The number of alkyl halides is 3. The van der Waals surface area contributed by atoms with E-state index in [1.165, 1.54) is 12.1 Å². The number of carboxylic acids is 1. The normalized spacial score (nSPS) is 19.8. The van der Waals surface area contributed by atoms with Crippen LogP contribution >= 0.6 is 11.6 Å².